The molecule has 1 saturated carbocycles. The molecule has 1 aliphatic heterocycles. The second-order valence-electron chi connectivity index (χ2n) is 6.64. The number of hydrogen-bond donors (Lipinski definition) is 2. The van der Waals surface area contributed by atoms with Crippen molar-refractivity contribution in [3.05, 3.63) is 36.3 Å². The number of phenols is 1. The minimum absolute atomic E-state index is 0.00868. The summed E-state index contributed by atoms with van der Waals surface area (Å²) in [5.41, 5.74) is 3.01. The quantitative estimate of drug-likeness (QED) is 0.912. The minimum atomic E-state index is -0.314. The Hall–Kier alpha value is -1.81. The predicted octanol–water partition coefficient (Wildman–Crippen LogP) is 3.49. The van der Waals surface area contributed by atoms with Crippen LogP contribution >= 0.6 is 0 Å². The van der Waals surface area contributed by atoms with E-state index in [1.165, 1.54) is 19.3 Å². The molecule has 1 aromatic heterocycles. The molecule has 0 amide bonds. The van der Waals surface area contributed by atoms with Crippen LogP contribution in [0.2, 0.25) is 0 Å². The van der Waals surface area contributed by atoms with Crippen molar-refractivity contribution in [3.63, 3.8) is 0 Å². The topological polar surface area (TPSA) is 58.3 Å². The molecular weight excluding hydrogens is 276 g/mol. The number of benzene rings is 1. The van der Waals surface area contributed by atoms with Crippen molar-refractivity contribution >= 4 is 0 Å². The molecule has 2 atom stereocenters. The van der Waals surface area contributed by atoms with Crippen molar-refractivity contribution in [3.8, 4) is 17.0 Å². The van der Waals surface area contributed by atoms with Crippen LogP contribution in [0.1, 0.15) is 50.1 Å². The van der Waals surface area contributed by atoms with Gasteiger partial charge in [-0.1, -0.05) is 31.4 Å². The highest BCUT2D eigenvalue weighted by molar-refractivity contribution is 5.72. The summed E-state index contributed by atoms with van der Waals surface area (Å²) >= 11 is 0. The first-order valence-electron chi connectivity index (χ1n) is 8.28. The average Bonchev–Trinajstić information content (AvgIpc) is 3.12. The number of aliphatic hydroxyl groups is 1. The van der Waals surface area contributed by atoms with E-state index in [2.05, 4.69) is 9.55 Å². The summed E-state index contributed by atoms with van der Waals surface area (Å²) in [5.74, 6) is 0.720. The Morgan fingerprint density at radius 2 is 2.05 bits per heavy atom. The first kappa shape index (κ1) is 13.8. The highest BCUT2D eigenvalue weighted by Gasteiger charge is 2.34. The fourth-order valence-corrected chi connectivity index (χ4v) is 4.20. The smallest absolute Gasteiger partial charge is 0.121 e. The third-order valence-electron chi connectivity index (χ3n) is 5.35. The molecule has 2 heterocycles. The molecule has 1 fully saturated rings. The number of fused-ring (bicyclic) bond motifs is 3. The van der Waals surface area contributed by atoms with E-state index in [4.69, 9.17) is 0 Å². The monoisotopic (exact) mass is 298 g/mol. The number of nitrogens with zero attached hydrogens (tertiary/aromatic N) is 2. The Labute approximate surface area is 130 Å². The van der Waals surface area contributed by atoms with Gasteiger partial charge < -0.3 is 14.8 Å². The SMILES string of the molecule is Oc1cccc2c1[C@H](CC(O)C1CCCCC1)n1cncc1-2. The molecule has 0 bridgehead atoms. The maximum atomic E-state index is 10.7. The number of rotatable bonds is 3. The summed E-state index contributed by atoms with van der Waals surface area (Å²) < 4.78 is 2.09. The largest absolute Gasteiger partial charge is 0.508 e. The Balaban J connectivity index is 1.65. The third-order valence-corrected chi connectivity index (χ3v) is 5.35. The van der Waals surface area contributed by atoms with Gasteiger partial charge in [0, 0.05) is 11.1 Å². The number of aromatic nitrogens is 2. The molecule has 0 radical (unpaired) electrons. The van der Waals surface area contributed by atoms with Gasteiger partial charge in [0.05, 0.1) is 30.4 Å². The Morgan fingerprint density at radius 3 is 2.86 bits per heavy atom. The summed E-state index contributed by atoms with van der Waals surface area (Å²) in [7, 11) is 0. The van der Waals surface area contributed by atoms with E-state index >= 15 is 0 Å². The molecule has 4 rings (SSSR count). The van der Waals surface area contributed by atoms with Crippen LogP contribution in [0.15, 0.2) is 30.7 Å². The normalized spacial score (nSPS) is 22.3. The van der Waals surface area contributed by atoms with E-state index in [1.807, 2.05) is 24.7 Å². The van der Waals surface area contributed by atoms with E-state index in [9.17, 15) is 10.2 Å². The number of hydrogen-bond acceptors (Lipinski definition) is 3. The molecule has 1 aromatic carbocycles. The zero-order valence-corrected chi connectivity index (χ0v) is 12.7. The van der Waals surface area contributed by atoms with Gasteiger partial charge in [0.25, 0.3) is 0 Å². The second-order valence-corrected chi connectivity index (χ2v) is 6.64. The highest BCUT2D eigenvalue weighted by atomic mass is 16.3. The average molecular weight is 298 g/mol. The summed E-state index contributed by atoms with van der Waals surface area (Å²) in [6, 6.07) is 5.62. The summed E-state index contributed by atoms with van der Waals surface area (Å²) in [6.07, 6.45) is 9.98. The van der Waals surface area contributed by atoms with Gasteiger partial charge in [-0.25, -0.2) is 4.98 Å². The Bertz CT molecular complexity index is 673. The van der Waals surface area contributed by atoms with Gasteiger partial charge in [-0.05, 0) is 31.2 Å². The first-order chi connectivity index (χ1) is 10.8. The number of aliphatic hydroxyl groups excluding tert-OH is 1. The van der Waals surface area contributed by atoms with Crippen molar-refractivity contribution < 1.29 is 10.2 Å². The van der Waals surface area contributed by atoms with Crippen LogP contribution in [-0.2, 0) is 0 Å². The maximum Gasteiger partial charge on any atom is 0.121 e. The standard InChI is InChI=1S/C18H22N2O2/c21-16-8-4-7-13-15-10-19-11-20(15)14(18(13)16)9-17(22)12-5-2-1-3-6-12/h4,7-8,10-12,14,17,21-22H,1-3,5-6,9H2/t14-,17?/m0/s1. The Kier molecular flexibility index (Phi) is 3.41. The van der Waals surface area contributed by atoms with Gasteiger partial charge in [-0.3, -0.25) is 0 Å². The minimum Gasteiger partial charge on any atom is -0.508 e. The highest BCUT2D eigenvalue weighted by Crippen LogP contribution is 2.46. The van der Waals surface area contributed by atoms with Crippen molar-refractivity contribution in [1.29, 1.82) is 0 Å². The zero-order valence-electron chi connectivity index (χ0n) is 12.7. The Morgan fingerprint density at radius 1 is 1.23 bits per heavy atom. The summed E-state index contributed by atoms with van der Waals surface area (Å²) in [4.78, 5) is 4.24. The van der Waals surface area contributed by atoms with Crippen molar-refractivity contribution in [1.82, 2.24) is 9.55 Å². The number of imidazole rings is 1. The fourth-order valence-electron chi connectivity index (χ4n) is 4.20. The van der Waals surface area contributed by atoms with Crippen LogP contribution in [0.4, 0.5) is 0 Å². The molecular formula is C18H22N2O2. The van der Waals surface area contributed by atoms with Crippen LogP contribution < -0.4 is 0 Å². The lowest BCUT2D eigenvalue weighted by Gasteiger charge is -2.29. The molecule has 2 aromatic rings. The number of phenolic OH excluding ortho intramolecular Hbond substituents is 1. The molecule has 22 heavy (non-hydrogen) atoms. The van der Waals surface area contributed by atoms with E-state index in [1.54, 1.807) is 6.07 Å². The van der Waals surface area contributed by atoms with Crippen LogP contribution in [0.3, 0.4) is 0 Å². The van der Waals surface area contributed by atoms with Gasteiger partial charge in [-0.15, -0.1) is 0 Å². The third kappa shape index (κ3) is 2.13. The molecule has 2 aliphatic rings. The molecule has 1 unspecified atom stereocenters. The molecule has 1 aliphatic carbocycles. The molecule has 4 nitrogen and oxygen atoms in total. The first-order valence-corrected chi connectivity index (χ1v) is 8.28. The lowest BCUT2D eigenvalue weighted by molar-refractivity contribution is 0.0685. The summed E-state index contributed by atoms with van der Waals surface area (Å²) in [5, 5.41) is 21.0. The molecule has 116 valence electrons. The van der Waals surface area contributed by atoms with Gasteiger partial charge in [0.15, 0.2) is 0 Å². The zero-order chi connectivity index (χ0) is 15.1. The van der Waals surface area contributed by atoms with E-state index in [0.717, 1.165) is 29.7 Å². The maximum absolute atomic E-state index is 10.7. The van der Waals surface area contributed by atoms with Crippen molar-refractivity contribution in [2.75, 3.05) is 0 Å². The lowest BCUT2D eigenvalue weighted by Crippen LogP contribution is -2.26. The van der Waals surface area contributed by atoms with Crippen LogP contribution in [0.5, 0.6) is 5.75 Å². The molecule has 4 heteroatoms. The second kappa shape index (κ2) is 5.43. The molecule has 0 saturated heterocycles. The lowest BCUT2D eigenvalue weighted by atomic mass is 9.82. The van der Waals surface area contributed by atoms with E-state index in [0.29, 0.717) is 18.1 Å². The van der Waals surface area contributed by atoms with Gasteiger partial charge >= 0.3 is 0 Å². The number of aromatic hydroxyl groups is 1. The van der Waals surface area contributed by atoms with Gasteiger partial charge in [0.2, 0.25) is 0 Å². The molecule has 0 spiro atoms. The van der Waals surface area contributed by atoms with Crippen LogP contribution in [-0.4, -0.2) is 25.9 Å². The molecule has 2 N–H and O–H groups in total. The van der Waals surface area contributed by atoms with E-state index in [-0.39, 0.29) is 12.1 Å². The van der Waals surface area contributed by atoms with Gasteiger partial charge in [-0.2, -0.15) is 0 Å². The predicted molar refractivity (Wildman–Crippen MR) is 84.7 cm³/mol. The van der Waals surface area contributed by atoms with Crippen LogP contribution in [0.25, 0.3) is 11.3 Å². The fraction of sp³-hybridized carbons (Fsp3) is 0.500. The summed E-state index contributed by atoms with van der Waals surface area (Å²) in [6.45, 7) is 0. The van der Waals surface area contributed by atoms with Crippen LogP contribution in [0, 0.1) is 5.92 Å². The van der Waals surface area contributed by atoms with Crippen molar-refractivity contribution in [2.45, 2.75) is 50.7 Å². The van der Waals surface area contributed by atoms with Gasteiger partial charge in [0.1, 0.15) is 5.75 Å². The van der Waals surface area contributed by atoms with Crippen molar-refractivity contribution in [2.24, 2.45) is 5.92 Å². The van der Waals surface area contributed by atoms with E-state index < -0.39 is 0 Å².